The highest BCUT2D eigenvalue weighted by Gasteiger charge is 2.36. The molecule has 2 atom stereocenters. The third kappa shape index (κ3) is 9.56. The number of benzene rings is 3. The van der Waals surface area contributed by atoms with Gasteiger partial charge in [0.2, 0.25) is 0 Å². The molecule has 2 unspecified atom stereocenters. The minimum absolute atomic E-state index is 0.0633. The molecule has 1 saturated heterocycles. The fourth-order valence-electron chi connectivity index (χ4n) is 6.17. The van der Waals surface area contributed by atoms with Crippen LogP contribution in [0.2, 0.25) is 0 Å². The number of carbonyl (C=O) groups is 1. The van der Waals surface area contributed by atoms with E-state index >= 15 is 0 Å². The predicted molar refractivity (Wildman–Crippen MR) is 172 cm³/mol. The molecule has 0 aromatic heterocycles. The maximum Gasteiger partial charge on any atom is 0.410 e. The van der Waals surface area contributed by atoms with Crippen LogP contribution in [0.3, 0.4) is 0 Å². The molecular weight excluding hydrogens is 574 g/mol. The SMILES string of the molecule is CC(C)(C)OC(=O)N(CCN1Cc2ccc(F)cc2C(NCCN2CCOCC2)C1Cc1ccc(F)cc1)Cc1ccccc1. The summed E-state index contributed by atoms with van der Waals surface area (Å²) in [5.41, 5.74) is 3.41. The van der Waals surface area contributed by atoms with Gasteiger partial charge in [0.15, 0.2) is 0 Å². The number of ether oxygens (including phenoxy) is 2. The van der Waals surface area contributed by atoms with Crippen molar-refractivity contribution in [2.45, 2.75) is 58.0 Å². The van der Waals surface area contributed by atoms with Gasteiger partial charge < -0.3 is 19.7 Å². The van der Waals surface area contributed by atoms with Crippen molar-refractivity contribution in [2.24, 2.45) is 0 Å². The van der Waals surface area contributed by atoms with E-state index in [2.05, 4.69) is 15.1 Å². The van der Waals surface area contributed by atoms with E-state index in [0.717, 1.165) is 61.6 Å². The summed E-state index contributed by atoms with van der Waals surface area (Å²) in [6.45, 7) is 12.5. The van der Waals surface area contributed by atoms with Gasteiger partial charge in [0.1, 0.15) is 17.2 Å². The number of hydrogen-bond acceptors (Lipinski definition) is 6. The zero-order valence-electron chi connectivity index (χ0n) is 26.7. The first-order valence-corrected chi connectivity index (χ1v) is 16.0. The molecular formula is C36H46F2N4O3. The van der Waals surface area contributed by atoms with Crippen LogP contribution in [0.1, 0.15) is 49.1 Å². The molecule has 5 rings (SSSR count). The van der Waals surface area contributed by atoms with Crippen molar-refractivity contribution in [1.29, 1.82) is 0 Å². The molecule has 242 valence electrons. The summed E-state index contributed by atoms with van der Waals surface area (Å²) in [4.78, 5) is 19.9. The summed E-state index contributed by atoms with van der Waals surface area (Å²) >= 11 is 0. The maximum atomic E-state index is 14.7. The zero-order chi connectivity index (χ0) is 31.8. The van der Waals surface area contributed by atoms with Crippen LogP contribution in [0.15, 0.2) is 72.8 Å². The van der Waals surface area contributed by atoms with Crippen LogP contribution in [0, 0.1) is 11.6 Å². The number of morpholine rings is 1. The van der Waals surface area contributed by atoms with E-state index in [1.54, 1.807) is 11.0 Å². The number of nitrogens with one attached hydrogen (secondary N) is 1. The molecule has 0 saturated carbocycles. The molecule has 7 nitrogen and oxygen atoms in total. The van der Waals surface area contributed by atoms with Crippen LogP contribution >= 0.6 is 0 Å². The lowest BCUT2D eigenvalue weighted by Gasteiger charge is -2.44. The van der Waals surface area contributed by atoms with Gasteiger partial charge in [-0.15, -0.1) is 0 Å². The van der Waals surface area contributed by atoms with Gasteiger partial charge in [-0.3, -0.25) is 9.80 Å². The summed E-state index contributed by atoms with van der Waals surface area (Å²) in [5, 5.41) is 3.78. The predicted octanol–water partition coefficient (Wildman–Crippen LogP) is 5.79. The number of nitrogens with zero attached hydrogens (tertiary/aromatic N) is 3. The van der Waals surface area contributed by atoms with Crippen LogP contribution in [0.25, 0.3) is 0 Å². The second kappa shape index (κ2) is 15.3. The lowest BCUT2D eigenvalue weighted by atomic mass is 9.85. The molecule has 1 N–H and O–H groups in total. The first kappa shape index (κ1) is 33.0. The summed E-state index contributed by atoms with van der Waals surface area (Å²) in [6, 6.07) is 21.3. The Balaban J connectivity index is 1.41. The Morgan fingerprint density at radius 1 is 0.956 bits per heavy atom. The van der Waals surface area contributed by atoms with Crippen LogP contribution in [0.4, 0.5) is 13.6 Å². The highest BCUT2D eigenvalue weighted by atomic mass is 19.1. The average molecular weight is 621 g/mol. The first-order chi connectivity index (χ1) is 21.6. The second-order valence-electron chi connectivity index (χ2n) is 13.0. The molecule has 9 heteroatoms. The van der Waals surface area contributed by atoms with Crippen molar-refractivity contribution in [3.8, 4) is 0 Å². The third-order valence-electron chi connectivity index (χ3n) is 8.45. The summed E-state index contributed by atoms with van der Waals surface area (Å²) in [5.74, 6) is -0.539. The Kier molecular flexibility index (Phi) is 11.2. The summed E-state index contributed by atoms with van der Waals surface area (Å²) < 4.78 is 39.9. The van der Waals surface area contributed by atoms with E-state index in [1.807, 2.05) is 69.3 Å². The molecule has 0 radical (unpaired) electrons. The van der Waals surface area contributed by atoms with Gasteiger partial charge in [0, 0.05) is 64.4 Å². The minimum Gasteiger partial charge on any atom is -0.444 e. The van der Waals surface area contributed by atoms with E-state index in [-0.39, 0.29) is 29.8 Å². The van der Waals surface area contributed by atoms with Crippen LogP contribution in [-0.4, -0.2) is 84.9 Å². The van der Waals surface area contributed by atoms with Crippen LogP contribution in [-0.2, 0) is 29.0 Å². The fourth-order valence-corrected chi connectivity index (χ4v) is 6.17. The van der Waals surface area contributed by atoms with E-state index < -0.39 is 5.60 Å². The summed E-state index contributed by atoms with van der Waals surface area (Å²) in [7, 11) is 0. The summed E-state index contributed by atoms with van der Waals surface area (Å²) in [6.07, 6.45) is 0.275. The molecule has 45 heavy (non-hydrogen) atoms. The van der Waals surface area contributed by atoms with Gasteiger partial charge in [0.25, 0.3) is 0 Å². The topological polar surface area (TPSA) is 57.3 Å². The molecule has 2 aliphatic heterocycles. The minimum atomic E-state index is -0.624. The van der Waals surface area contributed by atoms with E-state index in [9.17, 15) is 13.6 Å². The highest BCUT2D eigenvalue weighted by molar-refractivity contribution is 5.68. The molecule has 3 aromatic rings. The largest absolute Gasteiger partial charge is 0.444 e. The van der Waals surface area contributed by atoms with Gasteiger partial charge in [-0.2, -0.15) is 0 Å². The monoisotopic (exact) mass is 620 g/mol. The number of hydrogen-bond donors (Lipinski definition) is 1. The Morgan fingerprint density at radius 3 is 2.38 bits per heavy atom. The lowest BCUT2D eigenvalue weighted by molar-refractivity contribution is 0.0186. The van der Waals surface area contributed by atoms with Crippen LogP contribution < -0.4 is 5.32 Å². The molecule has 1 fully saturated rings. The lowest BCUT2D eigenvalue weighted by Crippen LogP contribution is -2.53. The number of carbonyl (C=O) groups excluding carboxylic acids is 1. The Bertz CT molecular complexity index is 1380. The van der Waals surface area contributed by atoms with Crippen molar-refractivity contribution < 1.29 is 23.0 Å². The quantitative estimate of drug-likeness (QED) is 0.293. The highest BCUT2D eigenvalue weighted by Crippen LogP contribution is 2.34. The van der Waals surface area contributed by atoms with Gasteiger partial charge in [0.05, 0.1) is 13.2 Å². The normalized spacial score (nSPS) is 19.2. The maximum absolute atomic E-state index is 14.7. The second-order valence-corrected chi connectivity index (χ2v) is 13.0. The number of fused-ring (bicyclic) bond motifs is 1. The molecule has 3 aromatic carbocycles. The number of rotatable bonds is 11. The zero-order valence-corrected chi connectivity index (χ0v) is 26.7. The van der Waals surface area contributed by atoms with E-state index in [0.29, 0.717) is 32.6 Å². The van der Waals surface area contributed by atoms with E-state index in [4.69, 9.17) is 9.47 Å². The molecule has 0 aliphatic carbocycles. The molecule has 0 bridgehead atoms. The van der Waals surface area contributed by atoms with Gasteiger partial charge in [-0.25, -0.2) is 13.6 Å². The smallest absolute Gasteiger partial charge is 0.410 e. The Hall–Kier alpha value is -3.37. The van der Waals surface area contributed by atoms with E-state index in [1.165, 1.54) is 18.2 Å². The molecule has 2 heterocycles. The van der Waals surface area contributed by atoms with Crippen molar-refractivity contribution in [3.05, 3.63) is 107 Å². The number of amides is 1. The van der Waals surface area contributed by atoms with Crippen molar-refractivity contribution in [2.75, 3.05) is 52.5 Å². The standard InChI is InChI=1S/C36H46F2N4O3/c1-36(2,3)45-35(43)42(25-28-7-5-4-6-8-28)18-17-41-26-29-11-14-31(38)24-32(29)34(39-15-16-40-19-21-44-22-20-40)33(41)23-27-9-12-30(37)13-10-27/h4-14,24,33-34,39H,15-23,25-26H2,1-3H3. The molecule has 0 spiro atoms. The van der Waals surface area contributed by atoms with Crippen LogP contribution in [0.5, 0.6) is 0 Å². The van der Waals surface area contributed by atoms with Gasteiger partial charge in [-0.1, -0.05) is 48.5 Å². The van der Waals surface area contributed by atoms with Crippen molar-refractivity contribution >= 4 is 6.09 Å². The van der Waals surface area contributed by atoms with Gasteiger partial charge >= 0.3 is 6.09 Å². The number of halogens is 2. The van der Waals surface area contributed by atoms with Crippen molar-refractivity contribution in [1.82, 2.24) is 20.0 Å². The Labute approximate surface area is 266 Å². The molecule has 2 aliphatic rings. The van der Waals surface area contributed by atoms with Gasteiger partial charge in [-0.05, 0) is 73.7 Å². The first-order valence-electron chi connectivity index (χ1n) is 16.0. The Morgan fingerprint density at radius 2 is 1.67 bits per heavy atom. The molecule has 1 amide bonds. The fraction of sp³-hybridized carbons (Fsp3) is 0.472. The van der Waals surface area contributed by atoms with Crippen molar-refractivity contribution in [3.63, 3.8) is 0 Å². The third-order valence-corrected chi connectivity index (χ3v) is 8.45. The average Bonchev–Trinajstić information content (AvgIpc) is 3.01.